The number of nitrogens with one attached hydrogen (secondary N) is 2. The van der Waals surface area contributed by atoms with Crippen molar-refractivity contribution in [3.63, 3.8) is 0 Å². The summed E-state index contributed by atoms with van der Waals surface area (Å²) in [6.07, 6.45) is 4.05. The van der Waals surface area contributed by atoms with Crippen LogP contribution >= 0.6 is 0 Å². The quantitative estimate of drug-likeness (QED) is 0.474. The van der Waals surface area contributed by atoms with E-state index >= 15 is 0 Å². The SMILES string of the molecule is C=C1CCc2ccc(N3C[C@H](CNCCc4c(F)ccc5c(CC)cc(=O)n(C)c45)CC3=C)nc2N1. The van der Waals surface area contributed by atoms with Gasteiger partial charge in [0.15, 0.2) is 0 Å². The van der Waals surface area contributed by atoms with Gasteiger partial charge in [-0.15, -0.1) is 0 Å². The third-order valence-electron chi connectivity index (χ3n) is 7.48. The molecule has 0 unspecified atom stereocenters. The van der Waals surface area contributed by atoms with E-state index in [-0.39, 0.29) is 11.4 Å². The monoisotopic (exact) mass is 487 g/mol. The summed E-state index contributed by atoms with van der Waals surface area (Å²) >= 11 is 0. The topological polar surface area (TPSA) is 62.2 Å². The van der Waals surface area contributed by atoms with Gasteiger partial charge in [0, 0.05) is 48.5 Å². The van der Waals surface area contributed by atoms with E-state index in [1.54, 1.807) is 23.7 Å². The van der Waals surface area contributed by atoms with Crippen molar-refractivity contribution in [3.8, 4) is 0 Å². The average molecular weight is 488 g/mol. The van der Waals surface area contributed by atoms with E-state index in [0.29, 0.717) is 30.0 Å². The fourth-order valence-corrected chi connectivity index (χ4v) is 5.48. The molecule has 6 nitrogen and oxygen atoms in total. The Kier molecular flexibility index (Phi) is 6.67. The number of aryl methyl sites for hydroxylation is 3. The zero-order valence-corrected chi connectivity index (χ0v) is 21.2. The van der Waals surface area contributed by atoms with Crippen LogP contribution in [-0.4, -0.2) is 29.2 Å². The summed E-state index contributed by atoms with van der Waals surface area (Å²) in [5.74, 6) is 1.94. The van der Waals surface area contributed by atoms with E-state index in [0.717, 1.165) is 72.8 Å². The van der Waals surface area contributed by atoms with Crippen molar-refractivity contribution in [3.05, 3.63) is 87.7 Å². The summed E-state index contributed by atoms with van der Waals surface area (Å²) in [6, 6.07) is 9.19. The molecule has 5 rings (SSSR count). The summed E-state index contributed by atoms with van der Waals surface area (Å²) in [5, 5.41) is 7.78. The minimum atomic E-state index is -0.261. The Hall–Kier alpha value is -3.45. The van der Waals surface area contributed by atoms with Crippen molar-refractivity contribution in [2.24, 2.45) is 13.0 Å². The third-order valence-corrected chi connectivity index (χ3v) is 7.48. The number of rotatable bonds is 7. The molecule has 188 valence electrons. The molecule has 0 spiro atoms. The summed E-state index contributed by atoms with van der Waals surface area (Å²) in [6.45, 7) is 12.6. The molecule has 1 saturated heterocycles. The number of fused-ring (bicyclic) bond motifs is 2. The second kappa shape index (κ2) is 9.90. The van der Waals surface area contributed by atoms with E-state index in [2.05, 4.69) is 40.8 Å². The minimum absolute atomic E-state index is 0.0981. The summed E-state index contributed by atoms with van der Waals surface area (Å²) < 4.78 is 16.4. The van der Waals surface area contributed by atoms with Crippen LogP contribution in [0.5, 0.6) is 0 Å². The predicted molar refractivity (Wildman–Crippen MR) is 145 cm³/mol. The van der Waals surface area contributed by atoms with Crippen molar-refractivity contribution in [2.45, 2.75) is 39.0 Å². The number of halogens is 1. The first kappa shape index (κ1) is 24.3. The lowest BCUT2D eigenvalue weighted by Gasteiger charge is -2.23. The zero-order chi connectivity index (χ0) is 25.4. The van der Waals surface area contributed by atoms with Crippen molar-refractivity contribution >= 4 is 22.5 Å². The minimum Gasteiger partial charge on any atom is -0.344 e. The molecular formula is C29H34FN5O. The van der Waals surface area contributed by atoms with Crippen LogP contribution in [0.2, 0.25) is 0 Å². The molecule has 36 heavy (non-hydrogen) atoms. The standard InChI is InChI=1S/C29H34FN5O/c1-5-21-15-27(36)34(4)28-23(21)9-10-25(30)24(28)12-13-31-16-20-14-19(3)35(17-20)26-11-8-22-7-6-18(2)32-29(22)33-26/h8-11,15,20,31H,2-3,5-7,12-14,16-17H2,1,4H3,(H,32,33)/t20-/m0/s1. The van der Waals surface area contributed by atoms with Gasteiger partial charge >= 0.3 is 0 Å². The molecule has 3 aromatic rings. The molecule has 0 bridgehead atoms. The molecule has 2 N–H and O–H groups in total. The molecule has 1 aromatic carbocycles. The first-order chi connectivity index (χ1) is 17.4. The van der Waals surface area contributed by atoms with Gasteiger partial charge in [-0.25, -0.2) is 9.37 Å². The lowest BCUT2D eigenvalue weighted by Crippen LogP contribution is -2.28. The largest absolute Gasteiger partial charge is 0.344 e. The maximum atomic E-state index is 14.9. The van der Waals surface area contributed by atoms with Gasteiger partial charge in [-0.05, 0) is 73.9 Å². The Balaban J connectivity index is 1.23. The highest BCUT2D eigenvalue weighted by Crippen LogP contribution is 2.33. The fourth-order valence-electron chi connectivity index (χ4n) is 5.48. The van der Waals surface area contributed by atoms with E-state index < -0.39 is 0 Å². The second-order valence-electron chi connectivity index (χ2n) is 9.95. The van der Waals surface area contributed by atoms with Crippen LogP contribution < -0.4 is 21.1 Å². The van der Waals surface area contributed by atoms with Crippen LogP contribution in [0.15, 0.2) is 59.7 Å². The Labute approximate surface area is 211 Å². The maximum absolute atomic E-state index is 14.9. The van der Waals surface area contributed by atoms with Gasteiger partial charge in [-0.3, -0.25) is 4.79 Å². The first-order valence-corrected chi connectivity index (χ1v) is 12.8. The number of pyridine rings is 2. The van der Waals surface area contributed by atoms with E-state index in [4.69, 9.17) is 4.98 Å². The first-order valence-electron chi connectivity index (χ1n) is 12.8. The van der Waals surface area contributed by atoms with Gasteiger partial charge in [0.2, 0.25) is 0 Å². The Bertz CT molecular complexity index is 1410. The molecule has 2 aliphatic rings. The molecule has 0 amide bonds. The molecule has 4 heterocycles. The normalized spacial score (nSPS) is 17.5. The molecule has 2 aliphatic heterocycles. The van der Waals surface area contributed by atoms with Crippen molar-refractivity contribution in [1.82, 2.24) is 14.9 Å². The van der Waals surface area contributed by atoms with Crippen LogP contribution in [-0.2, 0) is 26.3 Å². The molecule has 2 aromatic heterocycles. The molecule has 0 aliphatic carbocycles. The predicted octanol–water partition coefficient (Wildman–Crippen LogP) is 4.68. The van der Waals surface area contributed by atoms with Gasteiger partial charge in [0.05, 0.1) is 5.52 Å². The van der Waals surface area contributed by atoms with E-state index in [9.17, 15) is 9.18 Å². The van der Waals surface area contributed by atoms with Crippen molar-refractivity contribution < 1.29 is 4.39 Å². The van der Waals surface area contributed by atoms with E-state index in [1.165, 1.54) is 11.6 Å². The number of aromatic nitrogens is 2. The van der Waals surface area contributed by atoms with Gasteiger partial charge < -0.3 is 20.1 Å². The van der Waals surface area contributed by atoms with Crippen LogP contribution in [0.25, 0.3) is 10.9 Å². The lowest BCUT2D eigenvalue weighted by atomic mass is 10.0. The number of benzene rings is 1. The van der Waals surface area contributed by atoms with Gasteiger partial charge in [0.25, 0.3) is 5.56 Å². The summed E-state index contributed by atoms with van der Waals surface area (Å²) in [5.41, 5.74) is 5.45. The Morgan fingerprint density at radius 3 is 2.86 bits per heavy atom. The third kappa shape index (κ3) is 4.55. The van der Waals surface area contributed by atoms with Gasteiger partial charge in [-0.1, -0.05) is 26.1 Å². The maximum Gasteiger partial charge on any atom is 0.251 e. The Morgan fingerprint density at radius 2 is 2.06 bits per heavy atom. The molecule has 1 atom stereocenters. The van der Waals surface area contributed by atoms with E-state index in [1.807, 2.05) is 6.92 Å². The average Bonchev–Trinajstić information content (AvgIpc) is 3.24. The van der Waals surface area contributed by atoms with Crippen LogP contribution in [0.1, 0.15) is 36.5 Å². The fraction of sp³-hybridized carbons (Fsp3) is 0.379. The molecule has 0 saturated carbocycles. The van der Waals surface area contributed by atoms with Gasteiger partial charge in [-0.2, -0.15) is 0 Å². The smallest absolute Gasteiger partial charge is 0.251 e. The van der Waals surface area contributed by atoms with Crippen LogP contribution in [0, 0.1) is 11.7 Å². The zero-order valence-electron chi connectivity index (χ0n) is 21.2. The molecule has 0 radical (unpaired) electrons. The molecule has 7 heteroatoms. The second-order valence-corrected chi connectivity index (χ2v) is 9.95. The highest BCUT2D eigenvalue weighted by molar-refractivity contribution is 5.85. The van der Waals surface area contributed by atoms with Crippen LogP contribution in [0.4, 0.5) is 16.0 Å². The highest BCUT2D eigenvalue weighted by atomic mass is 19.1. The highest BCUT2D eigenvalue weighted by Gasteiger charge is 2.27. The molecular weight excluding hydrogens is 453 g/mol. The molecule has 1 fully saturated rings. The van der Waals surface area contributed by atoms with Crippen molar-refractivity contribution in [2.75, 3.05) is 29.9 Å². The summed E-state index contributed by atoms with van der Waals surface area (Å²) in [7, 11) is 1.72. The number of hydrogen-bond acceptors (Lipinski definition) is 5. The number of allylic oxidation sites excluding steroid dienone is 2. The van der Waals surface area contributed by atoms with Crippen LogP contribution in [0.3, 0.4) is 0 Å². The van der Waals surface area contributed by atoms with Crippen molar-refractivity contribution in [1.29, 1.82) is 0 Å². The number of hydrogen-bond donors (Lipinski definition) is 2. The Morgan fingerprint density at radius 1 is 1.22 bits per heavy atom. The number of anilines is 2. The number of nitrogens with zero attached hydrogens (tertiary/aromatic N) is 3. The summed E-state index contributed by atoms with van der Waals surface area (Å²) in [4.78, 5) is 19.5. The lowest BCUT2D eigenvalue weighted by molar-refractivity contribution is 0.519. The van der Waals surface area contributed by atoms with Gasteiger partial charge in [0.1, 0.15) is 17.5 Å².